The molecule has 2 aromatic carbocycles. The van der Waals surface area contributed by atoms with Crippen LogP contribution >= 0.6 is 0 Å². The molecule has 22 heavy (non-hydrogen) atoms. The van der Waals surface area contributed by atoms with Crippen molar-refractivity contribution in [3.05, 3.63) is 65.7 Å². The highest BCUT2D eigenvalue weighted by molar-refractivity contribution is 6.02. The number of amides is 2. The number of hydrogen-bond acceptors (Lipinski definition) is 2. The van der Waals surface area contributed by atoms with Crippen LogP contribution in [0.4, 0.5) is 5.69 Å². The molecule has 0 spiro atoms. The Morgan fingerprint density at radius 2 is 1.82 bits per heavy atom. The van der Waals surface area contributed by atoms with Gasteiger partial charge in [0.1, 0.15) is 0 Å². The molecule has 1 atom stereocenters. The fraction of sp³-hybridized carbons (Fsp3) is 0.222. The highest BCUT2D eigenvalue weighted by atomic mass is 16.2. The van der Waals surface area contributed by atoms with Crippen molar-refractivity contribution in [2.24, 2.45) is 0 Å². The Hall–Kier alpha value is -2.62. The maximum Gasteiger partial charge on any atom is 0.228 e. The van der Waals surface area contributed by atoms with Gasteiger partial charge in [0.15, 0.2) is 0 Å². The molecule has 0 aliphatic carbocycles. The summed E-state index contributed by atoms with van der Waals surface area (Å²) in [5.74, 6) is -0.542. The molecular weight excluding hydrogens is 276 g/mol. The molecule has 1 aliphatic heterocycles. The predicted molar refractivity (Wildman–Crippen MR) is 85.5 cm³/mol. The molecule has 0 saturated carbocycles. The van der Waals surface area contributed by atoms with Gasteiger partial charge in [-0.3, -0.25) is 9.59 Å². The summed E-state index contributed by atoms with van der Waals surface area (Å²) in [5.41, 5.74) is 2.78. The minimum absolute atomic E-state index is 0.0291. The molecule has 1 heterocycles. The van der Waals surface area contributed by atoms with Crippen LogP contribution in [-0.2, 0) is 16.1 Å². The van der Waals surface area contributed by atoms with E-state index < -0.39 is 5.92 Å². The Morgan fingerprint density at radius 1 is 1.14 bits per heavy atom. The van der Waals surface area contributed by atoms with Gasteiger partial charge < -0.3 is 10.2 Å². The zero-order valence-corrected chi connectivity index (χ0v) is 12.5. The lowest BCUT2D eigenvalue weighted by Gasteiger charge is -2.30. The van der Waals surface area contributed by atoms with E-state index in [9.17, 15) is 9.59 Å². The predicted octanol–water partition coefficient (Wildman–Crippen LogP) is 2.45. The third kappa shape index (κ3) is 2.72. The van der Waals surface area contributed by atoms with Crippen molar-refractivity contribution in [2.75, 3.05) is 11.9 Å². The van der Waals surface area contributed by atoms with Crippen molar-refractivity contribution in [3.8, 4) is 0 Å². The van der Waals surface area contributed by atoms with E-state index in [1.165, 1.54) is 0 Å². The lowest BCUT2D eigenvalue weighted by atomic mass is 9.89. The zero-order chi connectivity index (χ0) is 15.5. The van der Waals surface area contributed by atoms with Crippen molar-refractivity contribution in [1.82, 2.24) is 5.32 Å². The summed E-state index contributed by atoms with van der Waals surface area (Å²) in [4.78, 5) is 26.2. The van der Waals surface area contributed by atoms with Crippen molar-refractivity contribution in [3.63, 3.8) is 0 Å². The Bertz CT molecular complexity index is 697. The summed E-state index contributed by atoms with van der Waals surface area (Å²) in [6, 6.07) is 17.3. The second kappa shape index (κ2) is 6.02. The van der Waals surface area contributed by atoms with Gasteiger partial charge in [-0.2, -0.15) is 0 Å². The van der Waals surface area contributed by atoms with Gasteiger partial charge in [0, 0.05) is 25.7 Å². The Labute approximate surface area is 129 Å². The normalized spacial score (nSPS) is 17.0. The van der Waals surface area contributed by atoms with E-state index in [-0.39, 0.29) is 18.2 Å². The largest absolute Gasteiger partial charge is 0.351 e. The van der Waals surface area contributed by atoms with Gasteiger partial charge in [0.05, 0.1) is 5.92 Å². The molecule has 1 aliphatic rings. The average molecular weight is 294 g/mol. The molecule has 0 radical (unpaired) electrons. The third-order valence-corrected chi connectivity index (χ3v) is 4.05. The van der Waals surface area contributed by atoms with Crippen molar-refractivity contribution in [2.45, 2.75) is 18.9 Å². The number of para-hydroxylation sites is 1. The quantitative estimate of drug-likeness (QED) is 0.945. The SMILES string of the molecule is CN1C(=O)CC(C(=O)NCc2ccccc2)c2ccccc21. The van der Waals surface area contributed by atoms with Gasteiger partial charge >= 0.3 is 0 Å². The molecule has 112 valence electrons. The zero-order valence-electron chi connectivity index (χ0n) is 12.5. The van der Waals surface area contributed by atoms with E-state index in [1.807, 2.05) is 54.6 Å². The number of carbonyl (C=O) groups is 2. The van der Waals surface area contributed by atoms with E-state index in [0.717, 1.165) is 16.8 Å². The minimum atomic E-state index is -0.413. The Kier molecular flexibility index (Phi) is 3.92. The fourth-order valence-electron chi connectivity index (χ4n) is 2.79. The van der Waals surface area contributed by atoms with Crippen LogP contribution in [0, 0.1) is 0 Å². The van der Waals surface area contributed by atoms with E-state index in [2.05, 4.69) is 5.32 Å². The second-order valence-electron chi connectivity index (χ2n) is 5.47. The fourth-order valence-corrected chi connectivity index (χ4v) is 2.79. The van der Waals surface area contributed by atoms with Crippen LogP contribution < -0.4 is 10.2 Å². The van der Waals surface area contributed by atoms with Crippen LogP contribution in [0.5, 0.6) is 0 Å². The van der Waals surface area contributed by atoms with E-state index in [0.29, 0.717) is 6.54 Å². The number of fused-ring (bicyclic) bond motifs is 1. The third-order valence-electron chi connectivity index (χ3n) is 4.05. The molecule has 4 heteroatoms. The molecule has 0 aromatic heterocycles. The van der Waals surface area contributed by atoms with Gasteiger partial charge in [0.25, 0.3) is 0 Å². The minimum Gasteiger partial charge on any atom is -0.351 e. The number of rotatable bonds is 3. The first-order valence-corrected chi connectivity index (χ1v) is 7.34. The maximum absolute atomic E-state index is 12.5. The van der Waals surface area contributed by atoms with E-state index in [1.54, 1.807) is 11.9 Å². The molecule has 0 bridgehead atoms. The second-order valence-corrected chi connectivity index (χ2v) is 5.47. The highest BCUT2D eigenvalue weighted by Crippen LogP contribution is 2.35. The molecule has 1 N–H and O–H groups in total. The molecule has 3 rings (SSSR count). The van der Waals surface area contributed by atoms with Gasteiger partial charge in [-0.25, -0.2) is 0 Å². The van der Waals surface area contributed by atoms with Crippen molar-refractivity contribution >= 4 is 17.5 Å². The topological polar surface area (TPSA) is 49.4 Å². The average Bonchev–Trinajstić information content (AvgIpc) is 2.57. The highest BCUT2D eigenvalue weighted by Gasteiger charge is 2.33. The molecule has 4 nitrogen and oxygen atoms in total. The standard InChI is InChI=1S/C18H18N2O2/c1-20-16-10-6-5-9-14(16)15(11-17(20)21)18(22)19-12-13-7-3-2-4-8-13/h2-10,15H,11-12H2,1H3,(H,19,22). The van der Waals surface area contributed by atoms with Crippen LogP contribution in [0.3, 0.4) is 0 Å². The number of carbonyl (C=O) groups excluding carboxylic acids is 2. The molecule has 2 aromatic rings. The monoisotopic (exact) mass is 294 g/mol. The van der Waals surface area contributed by atoms with Crippen LogP contribution in [0.25, 0.3) is 0 Å². The number of benzene rings is 2. The first-order valence-electron chi connectivity index (χ1n) is 7.34. The van der Waals surface area contributed by atoms with E-state index >= 15 is 0 Å². The maximum atomic E-state index is 12.5. The summed E-state index contributed by atoms with van der Waals surface area (Å²) in [7, 11) is 1.75. The number of hydrogen-bond donors (Lipinski definition) is 1. The van der Waals surface area contributed by atoms with Crippen LogP contribution in [0.2, 0.25) is 0 Å². The lowest BCUT2D eigenvalue weighted by Crippen LogP contribution is -2.39. The number of nitrogens with one attached hydrogen (secondary N) is 1. The Morgan fingerprint density at radius 3 is 2.59 bits per heavy atom. The van der Waals surface area contributed by atoms with E-state index in [4.69, 9.17) is 0 Å². The van der Waals surface area contributed by atoms with Crippen molar-refractivity contribution in [1.29, 1.82) is 0 Å². The summed E-state index contributed by atoms with van der Waals surface area (Å²) >= 11 is 0. The first-order chi connectivity index (χ1) is 10.7. The lowest BCUT2D eigenvalue weighted by molar-refractivity contribution is -0.127. The van der Waals surface area contributed by atoms with Crippen LogP contribution in [0.15, 0.2) is 54.6 Å². The summed E-state index contributed by atoms with van der Waals surface area (Å²) in [6.07, 6.45) is 0.216. The first kappa shape index (κ1) is 14.3. The molecule has 2 amide bonds. The summed E-state index contributed by atoms with van der Waals surface area (Å²) in [6.45, 7) is 0.475. The summed E-state index contributed by atoms with van der Waals surface area (Å²) in [5, 5.41) is 2.94. The van der Waals surface area contributed by atoms with Gasteiger partial charge in [-0.05, 0) is 17.2 Å². The number of nitrogens with zero attached hydrogens (tertiary/aromatic N) is 1. The number of anilines is 1. The summed E-state index contributed by atoms with van der Waals surface area (Å²) < 4.78 is 0. The van der Waals surface area contributed by atoms with Crippen molar-refractivity contribution < 1.29 is 9.59 Å². The molecule has 1 unspecified atom stereocenters. The van der Waals surface area contributed by atoms with Crippen LogP contribution in [-0.4, -0.2) is 18.9 Å². The molecule has 0 fully saturated rings. The molecular formula is C18H18N2O2. The molecule has 0 saturated heterocycles. The van der Waals surface area contributed by atoms with Gasteiger partial charge in [-0.1, -0.05) is 48.5 Å². The van der Waals surface area contributed by atoms with Crippen LogP contribution in [0.1, 0.15) is 23.5 Å². The van der Waals surface area contributed by atoms with Gasteiger partial charge in [-0.15, -0.1) is 0 Å². The van der Waals surface area contributed by atoms with Gasteiger partial charge in [0.2, 0.25) is 11.8 Å². The smallest absolute Gasteiger partial charge is 0.228 e. The Balaban J connectivity index is 1.78.